The van der Waals surface area contributed by atoms with E-state index in [1.165, 1.54) is 0 Å². The maximum Gasteiger partial charge on any atom is 0.200 e. The van der Waals surface area contributed by atoms with Crippen LogP contribution in [0.25, 0.3) is 28.0 Å². The van der Waals surface area contributed by atoms with Crippen molar-refractivity contribution in [3.8, 4) is 22.8 Å². The van der Waals surface area contributed by atoms with Crippen molar-refractivity contribution in [1.29, 1.82) is 0 Å². The Balaban J connectivity index is 1.97. The highest BCUT2D eigenvalue weighted by Crippen LogP contribution is 2.30. The van der Waals surface area contributed by atoms with E-state index in [2.05, 4.69) is 10.2 Å². The molecular formula is C19H18N4O2S. The third kappa shape index (κ3) is 2.61. The van der Waals surface area contributed by atoms with E-state index in [0.717, 1.165) is 27.7 Å². The van der Waals surface area contributed by atoms with Crippen molar-refractivity contribution in [2.75, 3.05) is 6.61 Å². The maximum atomic E-state index is 9.69. The van der Waals surface area contributed by atoms with Crippen LogP contribution in [0, 0.1) is 11.7 Å². The molecule has 3 N–H and O–H groups in total. The van der Waals surface area contributed by atoms with Crippen molar-refractivity contribution < 1.29 is 10.2 Å². The lowest BCUT2D eigenvalue weighted by Crippen LogP contribution is -2.02. The predicted molar refractivity (Wildman–Crippen MR) is 103 cm³/mol. The number of aromatic hydroxyl groups is 1. The largest absolute Gasteiger partial charge is 0.508 e. The van der Waals surface area contributed by atoms with E-state index in [4.69, 9.17) is 12.2 Å². The number of aromatic nitrogens is 4. The number of aliphatic hydroxyl groups excluding tert-OH is 1. The Morgan fingerprint density at radius 2 is 2.04 bits per heavy atom. The number of aryl methyl sites for hydroxylation is 1. The summed E-state index contributed by atoms with van der Waals surface area (Å²) in [5.74, 6) is 0.907. The van der Waals surface area contributed by atoms with Gasteiger partial charge in [-0.3, -0.25) is 9.67 Å². The molecule has 0 aliphatic carbocycles. The summed E-state index contributed by atoms with van der Waals surface area (Å²) in [6.07, 6.45) is 1.96. The molecule has 7 heteroatoms. The molecule has 2 aromatic carbocycles. The van der Waals surface area contributed by atoms with E-state index in [-0.39, 0.29) is 12.4 Å². The van der Waals surface area contributed by atoms with Gasteiger partial charge in [-0.15, -0.1) is 0 Å². The van der Waals surface area contributed by atoms with Crippen molar-refractivity contribution in [1.82, 2.24) is 19.3 Å². The van der Waals surface area contributed by atoms with Crippen LogP contribution in [0.5, 0.6) is 5.75 Å². The van der Waals surface area contributed by atoms with Crippen LogP contribution in [0.2, 0.25) is 0 Å². The Morgan fingerprint density at radius 1 is 1.19 bits per heavy atom. The molecule has 0 aliphatic heterocycles. The van der Waals surface area contributed by atoms with E-state index in [9.17, 15) is 10.2 Å². The molecule has 0 saturated heterocycles. The van der Waals surface area contributed by atoms with Gasteiger partial charge >= 0.3 is 0 Å². The van der Waals surface area contributed by atoms with Gasteiger partial charge in [0.25, 0.3) is 0 Å². The van der Waals surface area contributed by atoms with Crippen LogP contribution in [0.3, 0.4) is 0 Å². The minimum absolute atomic E-state index is 0.0805. The molecule has 0 fully saturated rings. The lowest BCUT2D eigenvalue weighted by Gasteiger charge is -2.11. The molecule has 0 aliphatic rings. The maximum absolute atomic E-state index is 9.69. The monoisotopic (exact) mass is 366 g/mol. The number of aliphatic hydroxyl groups is 1. The second kappa shape index (κ2) is 6.44. The van der Waals surface area contributed by atoms with E-state index < -0.39 is 0 Å². The fourth-order valence-corrected chi connectivity index (χ4v) is 3.54. The highest BCUT2D eigenvalue weighted by atomic mass is 32.1. The number of aromatic amines is 1. The summed E-state index contributed by atoms with van der Waals surface area (Å²) in [6, 6.07) is 13.2. The Hall–Kier alpha value is -2.90. The summed E-state index contributed by atoms with van der Waals surface area (Å²) >= 11 is 5.49. The van der Waals surface area contributed by atoms with Crippen LogP contribution < -0.4 is 0 Å². The Bertz CT molecular complexity index is 1160. The molecule has 4 aromatic rings. The van der Waals surface area contributed by atoms with Gasteiger partial charge in [-0.25, -0.2) is 0 Å². The summed E-state index contributed by atoms with van der Waals surface area (Å²) in [5, 5.41) is 27.3. The smallest absolute Gasteiger partial charge is 0.200 e. The van der Waals surface area contributed by atoms with Gasteiger partial charge in [0.05, 0.1) is 17.8 Å². The van der Waals surface area contributed by atoms with E-state index in [0.29, 0.717) is 17.1 Å². The molecule has 0 amide bonds. The normalized spacial score (nSPS) is 11.3. The van der Waals surface area contributed by atoms with Crippen LogP contribution in [-0.2, 0) is 6.54 Å². The zero-order chi connectivity index (χ0) is 18.3. The number of hydrogen-bond donors (Lipinski definition) is 3. The SMILES string of the molecule is Cc1cc(O)ccc1-c1n[nH]c(=S)n1-c1cccc2c1ccn2CCO. The lowest BCUT2D eigenvalue weighted by molar-refractivity contribution is 0.278. The molecule has 0 spiro atoms. The zero-order valence-electron chi connectivity index (χ0n) is 14.2. The third-order valence-corrected chi connectivity index (χ3v) is 4.77. The van der Waals surface area contributed by atoms with Gasteiger partial charge in [-0.2, -0.15) is 5.10 Å². The zero-order valence-corrected chi connectivity index (χ0v) is 15.0. The molecular weight excluding hydrogens is 348 g/mol. The second-order valence-electron chi connectivity index (χ2n) is 6.13. The predicted octanol–water partition coefficient (Wildman–Crippen LogP) is 3.56. The quantitative estimate of drug-likeness (QED) is 0.483. The summed E-state index contributed by atoms with van der Waals surface area (Å²) in [5.41, 5.74) is 3.74. The molecule has 0 radical (unpaired) electrons. The average molecular weight is 366 g/mol. The summed E-state index contributed by atoms with van der Waals surface area (Å²) < 4.78 is 4.41. The van der Waals surface area contributed by atoms with Crippen LogP contribution >= 0.6 is 12.2 Å². The molecule has 0 atom stereocenters. The first-order valence-corrected chi connectivity index (χ1v) is 8.67. The highest BCUT2D eigenvalue weighted by Gasteiger charge is 2.16. The van der Waals surface area contributed by atoms with Crippen LogP contribution in [-0.4, -0.2) is 36.2 Å². The number of nitrogens with one attached hydrogen (secondary N) is 1. The van der Waals surface area contributed by atoms with E-state index in [1.807, 2.05) is 52.6 Å². The molecule has 0 saturated carbocycles. The molecule has 132 valence electrons. The van der Waals surface area contributed by atoms with Crippen molar-refractivity contribution in [2.24, 2.45) is 0 Å². The molecule has 6 nitrogen and oxygen atoms in total. The number of phenolic OH excluding ortho intramolecular Hbond substituents is 1. The standard InChI is InChI=1S/C19H18N4O2S/c1-12-11-13(25)5-6-14(12)18-20-21-19(26)23(18)17-4-2-3-16-15(17)7-8-22(16)9-10-24/h2-8,11,24-25H,9-10H2,1H3,(H,21,26). The molecule has 0 unspecified atom stereocenters. The number of fused-ring (bicyclic) bond motifs is 1. The number of H-pyrrole nitrogens is 1. The van der Waals surface area contributed by atoms with Crippen LogP contribution in [0.1, 0.15) is 5.56 Å². The first-order valence-electron chi connectivity index (χ1n) is 8.26. The topological polar surface area (TPSA) is 79.0 Å². The summed E-state index contributed by atoms with van der Waals surface area (Å²) in [7, 11) is 0. The molecule has 2 heterocycles. The molecule has 2 aromatic heterocycles. The Morgan fingerprint density at radius 3 is 2.81 bits per heavy atom. The van der Waals surface area contributed by atoms with Crippen molar-refractivity contribution in [3.05, 3.63) is 59.0 Å². The first kappa shape index (κ1) is 16.6. The summed E-state index contributed by atoms with van der Waals surface area (Å²) in [4.78, 5) is 0. The van der Waals surface area contributed by atoms with Crippen LogP contribution in [0.15, 0.2) is 48.7 Å². The fourth-order valence-electron chi connectivity index (χ4n) is 3.30. The molecule has 0 bridgehead atoms. The van der Waals surface area contributed by atoms with Gasteiger partial charge in [0.1, 0.15) is 5.75 Å². The number of rotatable bonds is 4. The third-order valence-electron chi connectivity index (χ3n) is 4.50. The van der Waals surface area contributed by atoms with Crippen molar-refractivity contribution in [2.45, 2.75) is 13.5 Å². The number of hydrogen-bond acceptors (Lipinski definition) is 4. The second-order valence-corrected chi connectivity index (χ2v) is 6.52. The van der Waals surface area contributed by atoms with Gasteiger partial charge < -0.3 is 14.8 Å². The van der Waals surface area contributed by atoms with Gasteiger partial charge in [0, 0.05) is 23.7 Å². The fraction of sp³-hybridized carbons (Fsp3) is 0.158. The van der Waals surface area contributed by atoms with Crippen molar-refractivity contribution in [3.63, 3.8) is 0 Å². The van der Waals surface area contributed by atoms with Gasteiger partial charge in [0.15, 0.2) is 10.6 Å². The van der Waals surface area contributed by atoms with Crippen molar-refractivity contribution >= 4 is 23.1 Å². The Labute approximate surface area is 155 Å². The summed E-state index contributed by atoms with van der Waals surface area (Å²) in [6.45, 7) is 2.54. The van der Waals surface area contributed by atoms with Crippen LogP contribution in [0.4, 0.5) is 0 Å². The molecule has 26 heavy (non-hydrogen) atoms. The minimum Gasteiger partial charge on any atom is -0.508 e. The number of benzene rings is 2. The van der Waals surface area contributed by atoms with E-state index >= 15 is 0 Å². The van der Waals surface area contributed by atoms with Gasteiger partial charge in [-0.05, 0) is 61.1 Å². The highest BCUT2D eigenvalue weighted by molar-refractivity contribution is 7.71. The molecule has 4 rings (SSSR count). The average Bonchev–Trinajstić information content (AvgIpc) is 3.19. The number of phenols is 1. The van der Waals surface area contributed by atoms with E-state index in [1.54, 1.807) is 12.1 Å². The first-order chi connectivity index (χ1) is 12.6. The Kier molecular flexibility index (Phi) is 4.10. The number of nitrogens with zero attached hydrogens (tertiary/aromatic N) is 3. The minimum atomic E-state index is 0.0805. The van der Waals surface area contributed by atoms with Gasteiger partial charge in [0.2, 0.25) is 0 Å². The van der Waals surface area contributed by atoms with Gasteiger partial charge in [-0.1, -0.05) is 6.07 Å². The lowest BCUT2D eigenvalue weighted by atomic mass is 10.1.